The van der Waals surface area contributed by atoms with E-state index >= 15 is 0 Å². The summed E-state index contributed by atoms with van der Waals surface area (Å²) in [6, 6.07) is 7.47. The van der Waals surface area contributed by atoms with Crippen LogP contribution in [0.3, 0.4) is 0 Å². The van der Waals surface area contributed by atoms with Gasteiger partial charge in [-0.25, -0.2) is 4.79 Å². The van der Waals surface area contributed by atoms with Crippen LogP contribution in [0.1, 0.15) is 22.8 Å². The molecule has 1 fully saturated rings. The van der Waals surface area contributed by atoms with Crippen molar-refractivity contribution >= 4 is 5.97 Å². The van der Waals surface area contributed by atoms with Crippen LogP contribution in [-0.2, 0) is 15.9 Å². The van der Waals surface area contributed by atoms with Crippen LogP contribution in [0.15, 0.2) is 24.3 Å². The molecule has 0 amide bonds. The van der Waals surface area contributed by atoms with Crippen molar-refractivity contribution in [2.75, 3.05) is 6.61 Å². The minimum absolute atomic E-state index is 0.287. The molecular weight excluding hydrogens is 180 g/mol. The molecule has 1 aromatic rings. The van der Waals surface area contributed by atoms with Gasteiger partial charge in [0.25, 0.3) is 0 Å². The zero-order valence-corrected chi connectivity index (χ0v) is 8.03. The van der Waals surface area contributed by atoms with E-state index in [1.807, 2.05) is 25.1 Å². The van der Waals surface area contributed by atoms with Gasteiger partial charge in [0.05, 0.1) is 5.56 Å². The monoisotopic (exact) mass is 192 g/mol. The molecule has 14 heavy (non-hydrogen) atoms. The van der Waals surface area contributed by atoms with Gasteiger partial charge in [-0.1, -0.05) is 25.1 Å². The van der Waals surface area contributed by atoms with E-state index < -0.39 is 0 Å². The first-order valence-electron chi connectivity index (χ1n) is 4.71. The summed E-state index contributed by atoms with van der Waals surface area (Å²) in [5.41, 5.74) is 1.66. The van der Waals surface area contributed by atoms with E-state index in [0.29, 0.717) is 12.2 Å². The predicted octanol–water partition coefficient (Wildman–Crippen LogP) is 1.76. The summed E-state index contributed by atoms with van der Waals surface area (Å²) in [4.78, 5) is 11.6. The quantitative estimate of drug-likeness (QED) is 0.541. The lowest BCUT2D eigenvalue weighted by atomic mass is 10.1. The molecule has 0 spiro atoms. The number of esters is 1. The Labute approximate surface area is 82.6 Å². The van der Waals surface area contributed by atoms with Gasteiger partial charge >= 0.3 is 5.97 Å². The highest BCUT2D eigenvalue weighted by molar-refractivity contribution is 5.91. The van der Waals surface area contributed by atoms with Crippen molar-refractivity contribution in [3.05, 3.63) is 35.4 Å². The van der Waals surface area contributed by atoms with Gasteiger partial charge < -0.3 is 9.47 Å². The van der Waals surface area contributed by atoms with Gasteiger partial charge in [0, 0.05) is 0 Å². The van der Waals surface area contributed by atoms with Crippen LogP contribution in [0, 0.1) is 0 Å². The second kappa shape index (κ2) is 3.80. The smallest absolute Gasteiger partial charge is 0.340 e. The average Bonchev–Trinajstić information content (AvgIpc) is 3.01. The van der Waals surface area contributed by atoms with Gasteiger partial charge in [-0.2, -0.15) is 0 Å². The number of hydrogen-bond donors (Lipinski definition) is 0. The van der Waals surface area contributed by atoms with Crippen molar-refractivity contribution < 1.29 is 14.3 Å². The fraction of sp³-hybridized carbons (Fsp3) is 0.364. The Balaban J connectivity index is 2.16. The predicted molar refractivity (Wildman–Crippen MR) is 51.0 cm³/mol. The highest BCUT2D eigenvalue weighted by Crippen LogP contribution is 2.16. The van der Waals surface area contributed by atoms with E-state index in [0.717, 1.165) is 12.0 Å². The molecule has 3 nitrogen and oxygen atoms in total. The van der Waals surface area contributed by atoms with E-state index in [9.17, 15) is 4.79 Å². The molecular formula is C11H12O3. The fourth-order valence-corrected chi connectivity index (χ4v) is 1.32. The number of rotatable bonds is 3. The minimum atomic E-state index is -0.313. The summed E-state index contributed by atoms with van der Waals surface area (Å²) in [6.07, 6.45) is 0.518. The van der Waals surface area contributed by atoms with Crippen LogP contribution in [0.5, 0.6) is 0 Å². The first kappa shape index (κ1) is 9.21. The normalized spacial score (nSPS) is 19.1. The molecule has 2 rings (SSSR count). The first-order valence-corrected chi connectivity index (χ1v) is 4.71. The largest absolute Gasteiger partial charge is 0.430 e. The van der Waals surface area contributed by atoms with Crippen molar-refractivity contribution in [1.82, 2.24) is 0 Å². The third kappa shape index (κ3) is 1.93. The molecule has 0 bridgehead atoms. The lowest BCUT2D eigenvalue weighted by Crippen LogP contribution is -2.09. The van der Waals surface area contributed by atoms with Crippen molar-refractivity contribution in [2.45, 2.75) is 19.6 Å². The van der Waals surface area contributed by atoms with E-state index in [-0.39, 0.29) is 12.3 Å². The minimum Gasteiger partial charge on any atom is -0.430 e. The number of carbonyl (C=O) groups excluding carboxylic acids is 1. The van der Waals surface area contributed by atoms with Crippen LogP contribution < -0.4 is 0 Å². The number of benzene rings is 1. The van der Waals surface area contributed by atoms with Crippen LogP contribution in [0.2, 0.25) is 0 Å². The third-order valence-corrected chi connectivity index (χ3v) is 2.16. The summed E-state index contributed by atoms with van der Waals surface area (Å²) in [5.74, 6) is -0.287. The lowest BCUT2D eigenvalue weighted by molar-refractivity contribution is 0.0296. The topological polar surface area (TPSA) is 38.8 Å². The van der Waals surface area contributed by atoms with Crippen LogP contribution in [0.25, 0.3) is 0 Å². The standard InChI is InChI=1S/C11H12O3/c1-2-8-5-3-4-6-9(8)11(12)14-10-7-13-10/h3-6,10H,2,7H2,1H3. The first-order chi connectivity index (χ1) is 6.81. The molecule has 1 atom stereocenters. The summed E-state index contributed by atoms with van der Waals surface area (Å²) >= 11 is 0. The maximum absolute atomic E-state index is 11.6. The Morgan fingerprint density at radius 3 is 2.93 bits per heavy atom. The molecule has 74 valence electrons. The maximum Gasteiger partial charge on any atom is 0.340 e. The van der Waals surface area contributed by atoms with Gasteiger partial charge in [-0.15, -0.1) is 0 Å². The summed E-state index contributed by atoms with van der Waals surface area (Å²) in [6.45, 7) is 2.54. The number of hydrogen-bond acceptors (Lipinski definition) is 3. The zero-order chi connectivity index (χ0) is 9.97. The second-order valence-corrected chi connectivity index (χ2v) is 3.18. The lowest BCUT2D eigenvalue weighted by Gasteiger charge is -2.05. The molecule has 0 radical (unpaired) electrons. The molecule has 1 aromatic carbocycles. The Hall–Kier alpha value is -1.35. The fourth-order valence-electron chi connectivity index (χ4n) is 1.32. The molecule has 0 aliphatic carbocycles. The van der Waals surface area contributed by atoms with Crippen molar-refractivity contribution in [3.8, 4) is 0 Å². The zero-order valence-electron chi connectivity index (χ0n) is 8.03. The summed E-state index contributed by atoms with van der Waals surface area (Å²) in [5, 5.41) is 0. The van der Waals surface area contributed by atoms with E-state index in [2.05, 4.69) is 0 Å². The number of aryl methyl sites for hydroxylation is 1. The molecule has 1 aliphatic heterocycles. The van der Waals surface area contributed by atoms with Crippen molar-refractivity contribution in [1.29, 1.82) is 0 Å². The molecule has 0 N–H and O–H groups in total. The van der Waals surface area contributed by atoms with Crippen LogP contribution >= 0.6 is 0 Å². The Kier molecular flexibility index (Phi) is 2.50. The van der Waals surface area contributed by atoms with Gasteiger partial charge in [0.1, 0.15) is 6.61 Å². The number of ether oxygens (including phenoxy) is 2. The third-order valence-electron chi connectivity index (χ3n) is 2.16. The molecule has 0 saturated carbocycles. The second-order valence-electron chi connectivity index (χ2n) is 3.18. The number of epoxide rings is 1. The van der Waals surface area contributed by atoms with Gasteiger partial charge in [0.2, 0.25) is 6.29 Å². The summed E-state index contributed by atoms with van der Waals surface area (Å²) in [7, 11) is 0. The Morgan fingerprint density at radius 1 is 1.57 bits per heavy atom. The Bertz CT molecular complexity index is 342. The van der Waals surface area contributed by atoms with Crippen molar-refractivity contribution in [2.24, 2.45) is 0 Å². The van der Waals surface area contributed by atoms with E-state index in [4.69, 9.17) is 9.47 Å². The van der Waals surface area contributed by atoms with E-state index in [1.165, 1.54) is 0 Å². The highest BCUT2D eigenvalue weighted by atomic mass is 16.8. The molecule has 1 aliphatic rings. The van der Waals surface area contributed by atoms with Gasteiger partial charge in [-0.05, 0) is 18.1 Å². The Morgan fingerprint density at radius 2 is 2.29 bits per heavy atom. The molecule has 1 unspecified atom stereocenters. The van der Waals surface area contributed by atoms with Crippen LogP contribution in [-0.4, -0.2) is 18.9 Å². The molecule has 1 heterocycles. The number of carbonyl (C=O) groups is 1. The highest BCUT2D eigenvalue weighted by Gasteiger charge is 2.28. The van der Waals surface area contributed by atoms with Gasteiger partial charge in [0.15, 0.2) is 0 Å². The molecule has 0 aromatic heterocycles. The van der Waals surface area contributed by atoms with Crippen molar-refractivity contribution in [3.63, 3.8) is 0 Å². The van der Waals surface area contributed by atoms with Crippen LogP contribution in [0.4, 0.5) is 0 Å². The summed E-state index contributed by atoms with van der Waals surface area (Å²) < 4.78 is 9.86. The molecule has 3 heteroatoms. The molecule has 1 saturated heterocycles. The van der Waals surface area contributed by atoms with Gasteiger partial charge in [-0.3, -0.25) is 0 Å². The average molecular weight is 192 g/mol. The van der Waals surface area contributed by atoms with E-state index in [1.54, 1.807) is 6.07 Å². The maximum atomic E-state index is 11.6. The SMILES string of the molecule is CCc1ccccc1C(=O)OC1CO1.